The van der Waals surface area contributed by atoms with E-state index in [0.717, 1.165) is 11.8 Å². The Morgan fingerprint density at radius 3 is 2.71 bits per heavy atom. The van der Waals surface area contributed by atoms with Crippen LogP contribution in [0, 0.1) is 12.7 Å². The van der Waals surface area contributed by atoms with E-state index >= 15 is 0 Å². The highest BCUT2D eigenvalue weighted by Gasteiger charge is 2.30. The summed E-state index contributed by atoms with van der Waals surface area (Å²) in [6, 6.07) is 8.50. The first-order chi connectivity index (χ1) is 11.3. The summed E-state index contributed by atoms with van der Waals surface area (Å²) in [6.07, 6.45) is 1.36. The van der Waals surface area contributed by atoms with Crippen molar-refractivity contribution in [2.75, 3.05) is 16.9 Å². The van der Waals surface area contributed by atoms with Gasteiger partial charge in [-0.05, 0) is 36.8 Å². The molecule has 2 aromatic carbocycles. The summed E-state index contributed by atoms with van der Waals surface area (Å²) in [5.41, 5.74) is 2.42. The molecule has 1 atom stereocenters. The number of fused-ring (bicyclic) bond motifs is 1. The van der Waals surface area contributed by atoms with Crippen LogP contribution in [0.1, 0.15) is 11.1 Å². The molecule has 7 heteroatoms. The van der Waals surface area contributed by atoms with Crippen molar-refractivity contribution in [3.05, 3.63) is 53.3 Å². The molecule has 3 rings (SSSR count). The lowest BCUT2D eigenvalue weighted by Crippen LogP contribution is -2.32. The van der Waals surface area contributed by atoms with E-state index in [4.69, 9.17) is 0 Å². The van der Waals surface area contributed by atoms with Crippen molar-refractivity contribution in [1.82, 2.24) is 0 Å². The molecule has 1 aliphatic rings. The first-order valence-corrected chi connectivity index (χ1v) is 9.30. The van der Waals surface area contributed by atoms with Gasteiger partial charge in [0.25, 0.3) is 0 Å². The van der Waals surface area contributed by atoms with Crippen LogP contribution in [-0.2, 0) is 21.1 Å². The van der Waals surface area contributed by atoms with Crippen LogP contribution >= 0.6 is 0 Å². The quantitative estimate of drug-likeness (QED) is 0.894. The van der Waals surface area contributed by atoms with E-state index < -0.39 is 15.9 Å². The number of aryl methyl sites for hydroxylation is 1. The Morgan fingerprint density at radius 2 is 2.04 bits per heavy atom. The molecule has 0 bridgehead atoms. The summed E-state index contributed by atoms with van der Waals surface area (Å²) in [4.78, 5) is 12.6. The Balaban J connectivity index is 1.78. The SMILES string of the molecule is Cc1ccc(F)c2c1NC(C(=O)Nc1cccc(S(C)(=O)=O)c1)C2. The molecule has 0 aromatic heterocycles. The summed E-state index contributed by atoms with van der Waals surface area (Å²) >= 11 is 0. The molecule has 1 unspecified atom stereocenters. The number of hydrogen-bond donors (Lipinski definition) is 2. The van der Waals surface area contributed by atoms with Crippen LogP contribution in [0.4, 0.5) is 15.8 Å². The first kappa shape index (κ1) is 16.4. The zero-order valence-corrected chi connectivity index (χ0v) is 14.1. The number of sulfone groups is 1. The number of anilines is 2. The molecular formula is C17H17FN2O3S. The smallest absolute Gasteiger partial charge is 0.247 e. The van der Waals surface area contributed by atoms with Crippen LogP contribution in [0.3, 0.4) is 0 Å². The van der Waals surface area contributed by atoms with Gasteiger partial charge in [-0.15, -0.1) is 0 Å². The van der Waals surface area contributed by atoms with E-state index in [1.54, 1.807) is 18.2 Å². The predicted octanol–water partition coefficient (Wildman–Crippen LogP) is 2.51. The molecule has 5 nitrogen and oxygen atoms in total. The molecule has 0 saturated carbocycles. The number of rotatable bonds is 3. The van der Waals surface area contributed by atoms with Gasteiger partial charge in [0.05, 0.1) is 4.90 Å². The number of carbonyl (C=O) groups is 1. The van der Waals surface area contributed by atoms with E-state index in [0.29, 0.717) is 16.9 Å². The molecule has 2 aromatic rings. The number of halogens is 1. The van der Waals surface area contributed by atoms with Crippen molar-refractivity contribution in [3.8, 4) is 0 Å². The molecule has 2 N–H and O–H groups in total. The zero-order chi connectivity index (χ0) is 17.5. The number of carbonyl (C=O) groups excluding carboxylic acids is 1. The number of amides is 1. The van der Waals surface area contributed by atoms with Gasteiger partial charge in [0.15, 0.2) is 9.84 Å². The number of hydrogen-bond acceptors (Lipinski definition) is 4. The molecule has 1 aliphatic heterocycles. The molecule has 126 valence electrons. The lowest BCUT2D eigenvalue weighted by molar-refractivity contribution is -0.116. The van der Waals surface area contributed by atoms with Gasteiger partial charge in [0.2, 0.25) is 5.91 Å². The monoisotopic (exact) mass is 348 g/mol. The fraction of sp³-hybridized carbons (Fsp3) is 0.235. The fourth-order valence-corrected chi connectivity index (χ4v) is 3.43. The Hall–Kier alpha value is -2.41. The van der Waals surface area contributed by atoms with Gasteiger partial charge in [-0.1, -0.05) is 12.1 Å². The highest BCUT2D eigenvalue weighted by atomic mass is 32.2. The van der Waals surface area contributed by atoms with Gasteiger partial charge < -0.3 is 10.6 Å². The number of nitrogens with one attached hydrogen (secondary N) is 2. The van der Waals surface area contributed by atoms with Crippen molar-refractivity contribution in [2.45, 2.75) is 24.3 Å². The van der Waals surface area contributed by atoms with E-state index in [9.17, 15) is 17.6 Å². The van der Waals surface area contributed by atoms with Gasteiger partial charge in [0.1, 0.15) is 11.9 Å². The van der Waals surface area contributed by atoms with Crippen LogP contribution < -0.4 is 10.6 Å². The zero-order valence-electron chi connectivity index (χ0n) is 13.3. The van der Waals surface area contributed by atoms with Gasteiger partial charge in [-0.2, -0.15) is 0 Å². The molecule has 0 radical (unpaired) electrons. The highest BCUT2D eigenvalue weighted by molar-refractivity contribution is 7.90. The lowest BCUT2D eigenvalue weighted by atomic mass is 10.1. The number of benzene rings is 2. The third-order valence-corrected chi connectivity index (χ3v) is 5.15. The standard InChI is InChI=1S/C17H17FN2O3S/c1-10-6-7-14(18)13-9-15(20-16(10)13)17(21)19-11-4-3-5-12(8-11)24(2,22)23/h3-8,15,20H,9H2,1-2H3,(H,19,21). The minimum Gasteiger partial charge on any atom is -0.373 e. The minimum atomic E-state index is -3.35. The van der Waals surface area contributed by atoms with Crippen LogP contribution in [-0.4, -0.2) is 26.6 Å². The maximum Gasteiger partial charge on any atom is 0.247 e. The lowest BCUT2D eigenvalue weighted by Gasteiger charge is -2.13. The Labute approximate surface area is 139 Å². The van der Waals surface area contributed by atoms with Gasteiger partial charge in [-0.3, -0.25) is 4.79 Å². The predicted molar refractivity (Wildman–Crippen MR) is 90.4 cm³/mol. The normalized spacial score (nSPS) is 16.4. The summed E-state index contributed by atoms with van der Waals surface area (Å²) in [5.74, 6) is -0.673. The van der Waals surface area contributed by atoms with Crippen LogP contribution in [0.15, 0.2) is 41.3 Å². The first-order valence-electron chi connectivity index (χ1n) is 7.41. The topological polar surface area (TPSA) is 75.3 Å². The molecule has 24 heavy (non-hydrogen) atoms. The Morgan fingerprint density at radius 1 is 1.29 bits per heavy atom. The molecule has 0 aliphatic carbocycles. The van der Waals surface area contributed by atoms with Crippen molar-refractivity contribution < 1.29 is 17.6 Å². The summed E-state index contributed by atoms with van der Waals surface area (Å²) < 4.78 is 37.0. The maximum absolute atomic E-state index is 13.9. The van der Waals surface area contributed by atoms with Crippen molar-refractivity contribution >= 4 is 27.1 Å². The van der Waals surface area contributed by atoms with Crippen LogP contribution in [0.2, 0.25) is 0 Å². The molecule has 0 spiro atoms. The van der Waals surface area contributed by atoms with Crippen LogP contribution in [0.25, 0.3) is 0 Å². The van der Waals surface area contributed by atoms with E-state index in [-0.39, 0.29) is 23.0 Å². The third kappa shape index (κ3) is 3.12. The van der Waals surface area contributed by atoms with Crippen molar-refractivity contribution in [3.63, 3.8) is 0 Å². The second-order valence-corrected chi connectivity index (χ2v) is 7.92. The summed E-state index contributed by atoms with van der Waals surface area (Å²) in [7, 11) is -3.35. The third-order valence-electron chi connectivity index (χ3n) is 4.04. The van der Waals surface area contributed by atoms with E-state index in [1.165, 1.54) is 18.2 Å². The van der Waals surface area contributed by atoms with Crippen molar-refractivity contribution in [1.29, 1.82) is 0 Å². The Kier molecular flexibility index (Phi) is 4.04. The second kappa shape index (κ2) is 5.90. The highest BCUT2D eigenvalue weighted by Crippen LogP contribution is 2.31. The van der Waals surface area contributed by atoms with Gasteiger partial charge >= 0.3 is 0 Å². The molecule has 1 heterocycles. The molecule has 0 saturated heterocycles. The van der Waals surface area contributed by atoms with E-state index in [2.05, 4.69) is 10.6 Å². The van der Waals surface area contributed by atoms with Crippen LogP contribution in [0.5, 0.6) is 0 Å². The summed E-state index contributed by atoms with van der Waals surface area (Å²) in [5, 5.41) is 5.72. The van der Waals surface area contributed by atoms with Gasteiger partial charge in [-0.25, -0.2) is 12.8 Å². The maximum atomic E-state index is 13.9. The van der Waals surface area contributed by atoms with E-state index in [1.807, 2.05) is 6.92 Å². The minimum absolute atomic E-state index is 0.129. The molecule has 0 fully saturated rings. The molecule has 1 amide bonds. The largest absolute Gasteiger partial charge is 0.373 e. The fourth-order valence-electron chi connectivity index (χ4n) is 2.76. The second-order valence-electron chi connectivity index (χ2n) is 5.91. The van der Waals surface area contributed by atoms with Gasteiger partial charge in [0, 0.05) is 29.6 Å². The van der Waals surface area contributed by atoms with Crippen molar-refractivity contribution in [2.24, 2.45) is 0 Å². The average molecular weight is 348 g/mol. The molecular weight excluding hydrogens is 331 g/mol. The average Bonchev–Trinajstić information content (AvgIpc) is 2.97. The Bertz CT molecular complexity index is 894. The summed E-state index contributed by atoms with van der Waals surface area (Å²) in [6.45, 7) is 1.85.